The fourth-order valence-corrected chi connectivity index (χ4v) is 2.96. The molecule has 5 heteroatoms. The molecule has 1 aliphatic rings. The number of hydrogen-bond donors (Lipinski definition) is 1. The molecule has 17 heavy (non-hydrogen) atoms. The summed E-state index contributed by atoms with van der Waals surface area (Å²) in [5.41, 5.74) is 0.973. The Morgan fingerprint density at radius 1 is 1.47 bits per heavy atom. The standard InChI is InChI=1S/C12H15N3S2/c1-9-8-15(2)12(17-9)14-11(16)13-10-6-4-3-5-7-10/h3-7,9H,8H2,1-2H3,(H,13,16)/t9-/m1/s1. The van der Waals surface area contributed by atoms with E-state index in [1.165, 1.54) is 0 Å². The van der Waals surface area contributed by atoms with Gasteiger partial charge in [-0.05, 0) is 24.4 Å². The van der Waals surface area contributed by atoms with Crippen LogP contribution in [0.5, 0.6) is 0 Å². The third-order valence-electron chi connectivity index (χ3n) is 2.39. The van der Waals surface area contributed by atoms with E-state index in [1.54, 1.807) is 11.8 Å². The van der Waals surface area contributed by atoms with Gasteiger partial charge in [0, 0.05) is 24.5 Å². The lowest BCUT2D eigenvalue weighted by Crippen LogP contribution is -2.21. The number of aliphatic imine (C=N–C) groups is 1. The average Bonchev–Trinajstić information content (AvgIpc) is 2.58. The molecule has 90 valence electrons. The molecule has 1 atom stereocenters. The second kappa shape index (κ2) is 5.51. The molecule has 0 unspecified atom stereocenters. The number of nitrogens with zero attached hydrogens (tertiary/aromatic N) is 2. The van der Waals surface area contributed by atoms with E-state index in [-0.39, 0.29) is 0 Å². The number of nitrogens with one attached hydrogen (secondary N) is 1. The normalized spacial score (nSPS) is 21.9. The van der Waals surface area contributed by atoms with Crippen LogP contribution in [0.25, 0.3) is 0 Å². The quantitative estimate of drug-likeness (QED) is 0.790. The average molecular weight is 265 g/mol. The molecule has 1 fully saturated rings. The van der Waals surface area contributed by atoms with Crippen molar-refractivity contribution in [1.82, 2.24) is 4.90 Å². The van der Waals surface area contributed by atoms with Gasteiger partial charge < -0.3 is 10.2 Å². The number of hydrogen-bond acceptors (Lipinski definition) is 2. The van der Waals surface area contributed by atoms with Crippen molar-refractivity contribution in [3.8, 4) is 0 Å². The number of para-hydroxylation sites is 1. The maximum Gasteiger partial charge on any atom is 0.199 e. The van der Waals surface area contributed by atoms with E-state index in [0.29, 0.717) is 10.4 Å². The van der Waals surface area contributed by atoms with Crippen LogP contribution in [0, 0.1) is 0 Å². The highest BCUT2D eigenvalue weighted by atomic mass is 32.2. The summed E-state index contributed by atoms with van der Waals surface area (Å²) in [5, 5.41) is 5.20. The summed E-state index contributed by atoms with van der Waals surface area (Å²) < 4.78 is 0. The van der Waals surface area contributed by atoms with Crippen LogP contribution >= 0.6 is 24.0 Å². The first-order chi connectivity index (χ1) is 8.15. The van der Waals surface area contributed by atoms with Gasteiger partial charge in [-0.1, -0.05) is 36.9 Å². The Bertz CT molecular complexity index is 431. The molecule has 0 aromatic heterocycles. The Hall–Kier alpha value is -1.07. The second-order valence-corrected chi connectivity index (χ2v) is 5.79. The van der Waals surface area contributed by atoms with Gasteiger partial charge in [-0.25, -0.2) is 0 Å². The molecule has 0 spiro atoms. The SMILES string of the molecule is C[C@@H]1CN(C)C(=NC(=S)Nc2ccccc2)S1. The minimum Gasteiger partial charge on any atom is -0.353 e. The van der Waals surface area contributed by atoms with E-state index in [1.807, 2.05) is 37.4 Å². The molecule has 0 radical (unpaired) electrons. The van der Waals surface area contributed by atoms with Gasteiger partial charge in [-0.2, -0.15) is 4.99 Å². The fraction of sp³-hybridized carbons (Fsp3) is 0.333. The van der Waals surface area contributed by atoms with Crippen LogP contribution in [-0.2, 0) is 0 Å². The summed E-state index contributed by atoms with van der Waals surface area (Å²) in [6, 6.07) is 9.86. The van der Waals surface area contributed by atoms with Crippen LogP contribution in [0.1, 0.15) is 6.92 Å². The Kier molecular flexibility index (Phi) is 4.02. The van der Waals surface area contributed by atoms with Crippen molar-refractivity contribution >= 4 is 39.9 Å². The molecule has 1 aliphatic heterocycles. The number of thioether (sulfide) groups is 1. The monoisotopic (exact) mass is 265 g/mol. The second-order valence-electron chi connectivity index (χ2n) is 4.00. The lowest BCUT2D eigenvalue weighted by Gasteiger charge is -2.10. The van der Waals surface area contributed by atoms with Crippen molar-refractivity contribution in [3.05, 3.63) is 30.3 Å². The van der Waals surface area contributed by atoms with E-state index in [0.717, 1.165) is 17.4 Å². The van der Waals surface area contributed by atoms with Gasteiger partial charge >= 0.3 is 0 Å². The molecule has 1 aromatic carbocycles. The lowest BCUT2D eigenvalue weighted by molar-refractivity contribution is 0.533. The van der Waals surface area contributed by atoms with Crippen molar-refractivity contribution in [2.45, 2.75) is 12.2 Å². The molecule has 0 bridgehead atoms. The number of amidine groups is 1. The zero-order valence-electron chi connectivity index (χ0n) is 9.88. The van der Waals surface area contributed by atoms with E-state index in [2.05, 4.69) is 22.1 Å². The fourth-order valence-electron chi connectivity index (χ4n) is 1.64. The molecule has 3 nitrogen and oxygen atoms in total. The van der Waals surface area contributed by atoms with E-state index in [4.69, 9.17) is 12.2 Å². The predicted molar refractivity (Wildman–Crippen MR) is 79.8 cm³/mol. The minimum atomic E-state index is 0.514. The number of benzene rings is 1. The van der Waals surface area contributed by atoms with Crippen molar-refractivity contribution in [2.24, 2.45) is 4.99 Å². The van der Waals surface area contributed by atoms with Gasteiger partial charge in [0.25, 0.3) is 0 Å². The topological polar surface area (TPSA) is 27.6 Å². The Labute approximate surface area is 111 Å². The van der Waals surface area contributed by atoms with Crippen LogP contribution in [0.4, 0.5) is 5.69 Å². The first-order valence-corrected chi connectivity index (χ1v) is 6.76. The summed E-state index contributed by atoms with van der Waals surface area (Å²) in [4.78, 5) is 6.56. The third-order valence-corrected chi connectivity index (χ3v) is 3.74. The molecule has 1 aromatic rings. The summed E-state index contributed by atoms with van der Waals surface area (Å²) in [7, 11) is 2.04. The molecule has 2 rings (SSSR count). The molecule has 1 saturated heterocycles. The minimum absolute atomic E-state index is 0.514. The van der Waals surface area contributed by atoms with E-state index < -0.39 is 0 Å². The van der Waals surface area contributed by atoms with Crippen LogP contribution in [0.2, 0.25) is 0 Å². The van der Waals surface area contributed by atoms with Gasteiger partial charge in [-0.15, -0.1) is 0 Å². The molecule has 0 amide bonds. The highest BCUT2D eigenvalue weighted by Crippen LogP contribution is 2.23. The van der Waals surface area contributed by atoms with Crippen LogP contribution < -0.4 is 5.32 Å². The highest BCUT2D eigenvalue weighted by Gasteiger charge is 2.22. The molecular weight excluding hydrogens is 250 g/mol. The Balaban J connectivity index is 2.00. The Morgan fingerprint density at radius 3 is 2.76 bits per heavy atom. The summed E-state index contributed by atoms with van der Waals surface area (Å²) >= 11 is 6.99. The third kappa shape index (κ3) is 3.44. The van der Waals surface area contributed by atoms with Gasteiger partial charge in [0.1, 0.15) is 0 Å². The molecule has 1 N–H and O–H groups in total. The van der Waals surface area contributed by atoms with E-state index >= 15 is 0 Å². The van der Waals surface area contributed by atoms with Crippen molar-refractivity contribution in [1.29, 1.82) is 0 Å². The van der Waals surface area contributed by atoms with Crippen molar-refractivity contribution in [2.75, 3.05) is 18.9 Å². The van der Waals surface area contributed by atoms with Crippen LogP contribution in [-0.4, -0.2) is 34.0 Å². The number of anilines is 1. The van der Waals surface area contributed by atoms with Gasteiger partial charge in [0.05, 0.1) is 0 Å². The first-order valence-electron chi connectivity index (χ1n) is 5.47. The highest BCUT2D eigenvalue weighted by molar-refractivity contribution is 8.14. The zero-order chi connectivity index (χ0) is 12.3. The van der Waals surface area contributed by atoms with Crippen LogP contribution in [0.3, 0.4) is 0 Å². The predicted octanol–water partition coefficient (Wildman–Crippen LogP) is 2.81. The first kappa shape index (κ1) is 12.4. The molecule has 1 heterocycles. The zero-order valence-corrected chi connectivity index (χ0v) is 11.5. The van der Waals surface area contributed by atoms with Gasteiger partial charge in [0.2, 0.25) is 0 Å². The Morgan fingerprint density at radius 2 is 2.18 bits per heavy atom. The number of thiocarbonyl (C=S) groups is 1. The van der Waals surface area contributed by atoms with Crippen LogP contribution in [0.15, 0.2) is 35.3 Å². The smallest absolute Gasteiger partial charge is 0.199 e. The van der Waals surface area contributed by atoms with Gasteiger partial charge in [0.15, 0.2) is 10.3 Å². The summed E-state index contributed by atoms with van der Waals surface area (Å²) in [5.74, 6) is 0. The summed E-state index contributed by atoms with van der Waals surface area (Å²) in [6.45, 7) is 3.22. The summed E-state index contributed by atoms with van der Waals surface area (Å²) in [6.07, 6.45) is 0. The largest absolute Gasteiger partial charge is 0.353 e. The molecule has 0 saturated carbocycles. The maximum atomic E-state index is 5.23. The van der Waals surface area contributed by atoms with E-state index in [9.17, 15) is 0 Å². The van der Waals surface area contributed by atoms with Crippen molar-refractivity contribution < 1.29 is 0 Å². The number of rotatable bonds is 1. The lowest BCUT2D eigenvalue weighted by atomic mass is 10.3. The molecular formula is C12H15N3S2. The van der Waals surface area contributed by atoms with Crippen molar-refractivity contribution in [3.63, 3.8) is 0 Å². The molecule has 0 aliphatic carbocycles. The maximum absolute atomic E-state index is 5.23. The van der Waals surface area contributed by atoms with Gasteiger partial charge in [-0.3, -0.25) is 0 Å².